The van der Waals surface area contributed by atoms with E-state index in [1.807, 2.05) is 13.1 Å². The molecule has 1 unspecified atom stereocenters. The fourth-order valence-electron chi connectivity index (χ4n) is 2.43. The molecule has 2 rings (SSSR count). The highest BCUT2D eigenvalue weighted by Gasteiger charge is 2.35. The van der Waals surface area contributed by atoms with Gasteiger partial charge < -0.3 is 5.32 Å². The predicted molar refractivity (Wildman–Crippen MR) is 60.9 cm³/mol. The molecule has 1 aliphatic rings. The summed E-state index contributed by atoms with van der Waals surface area (Å²) in [7, 11) is 2.01. The second kappa shape index (κ2) is 3.25. The molecule has 0 fully saturated rings. The maximum atomic E-state index is 6.01. The molecule has 1 aromatic carbocycles. The number of rotatable bonds is 1. The van der Waals surface area contributed by atoms with Gasteiger partial charge in [-0.05, 0) is 42.1 Å². The molecule has 1 nitrogen and oxygen atoms in total. The Morgan fingerprint density at radius 2 is 2.14 bits per heavy atom. The van der Waals surface area contributed by atoms with Crippen molar-refractivity contribution in [1.29, 1.82) is 0 Å². The van der Waals surface area contributed by atoms with Gasteiger partial charge in [0.2, 0.25) is 0 Å². The van der Waals surface area contributed by atoms with Crippen molar-refractivity contribution in [2.75, 3.05) is 7.05 Å². The number of halogens is 1. The van der Waals surface area contributed by atoms with Crippen LogP contribution < -0.4 is 5.32 Å². The summed E-state index contributed by atoms with van der Waals surface area (Å²) in [4.78, 5) is 0. The van der Waals surface area contributed by atoms with Gasteiger partial charge in [0.05, 0.1) is 0 Å². The van der Waals surface area contributed by atoms with Gasteiger partial charge in [0, 0.05) is 11.1 Å². The van der Waals surface area contributed by atoms with Gasteiger partial charge in [0.1, 0.15) is 0 Å². The van der Waals surface area contributed by atoms with Crippen LogP contribution in [0, 0.1) is 0 Å². The molecule has 1 atom stereocenters. The zero-order valence-electron chi connectivity index (χ0n) is 8.89. The molecule has 0 spiro atoms. The molecular formula is C12H16ClN. The quantitative estimate of drug-likeness (QED) is 0.749. The summed E-state index contributed by atoms with van der Waals surface area (Å²) in [5, 5.41) is 4.18. The van der Waals surface area contributed by atoms with Crippen LogP contribution in [-0.4, -0.2) is 7.05 Å². The average molecular weight is 210 g/mol. The van der Waals surface area contributed by atoms with Crippen LogP contribution in [0.25, 0.3) is 0 Å². The first-order valence-electron chi connectivity index (χ1n) is 5.02. The Morgan fingerprint density at radius 3 is 2.79 bits per heavy atom. The van der Waals surface area contributed by atoms with Crippen LogP contribution >= 0.6 is 11.6 Å². The van der Waals surface area contributed by atoms with E-state index in [0.717, 1.165) is 11.4 Å². The number of hydrogen-bond acceptors (Lipinski definition) is 1. The van der Waals surface area contributed by atoms with E-state index < -0.39 is 0 Å². The highest BCUT2D eigenvalue weighted by Crippen LogP contribution is 2.44. The number of nitrogens with one attached hydrogen (secondary N) is 1. The van der Waals surface area contributed by atoms with Crippen molar-refractivity contribution in [2.24, 2.45) is 0 Å². The monoisotopic (exact) mass is 209 g/mol. The van der Waals surface area contributed by atoms with E-state index in [0.29, 0.717) is 6.04 Å². The van der Waals surface area contributed by atoms with Crippen LogP contribution in [0.2, 0.25) is 5.02 Å². The number of benzene rings is 1. The van der Waals surface area contributed by atoms with Crippen LogP contribution in [0.15, 0.2) is 18.2 Å². The van der Waals surface area contributed by atoms with Gasteiger partial charge >= 0.3 is 0 Å². The normalized spacial score (nSPS) is 23.6. The number of fused-ring (bicyclic) bond motifs is 1. The average Bonchev–Trinajstić information content (AvgIpc) is 2.37. The zero-order valence-corrected chi connectivity index (χ0v) is 9.65. The smallest absolute Gasteiger partial charge is 0.0409 e. The van der Waals surface area contributed by atoms with E-state index in [1.54, 1.807) is 0 Å². The van der Waals surface area contributed by atoms with E-state index in [4.69, 9.17) is 11.6 Å². The first kappa shape index (κ1) is 10.0. The topological polar surface area (TPSA) is 12.0 Å². The Bertz CT molecular complexity index is 357. The van der Waals surface area contributed by atoms with Crippen molar-refractivity contribution >= 4 is 11.6 Å². The second-order valence-corrected chi connectivity index (χ2v) is 5.10. The van der Waals surface area contributed by atoms with Gasteiger partial charge in [0.15, 0.2) is 0 Å². The van der Waals surface area contributed by atoms with Crippen molar-refractivity contribution in [3.8, 4) is 0 Å². The minimum absolute atomic E-state index is 0.271. The predicted octanol–water partition coefficient (Wildman–Crippen LogP) is 3.28. The van der Waals surface area contributed by atoms with Crippen LogP contribution in [0.5, 0.6) is 0 Å². The standard InChI is InChI=1S/C12H16ClN/c1-12(2)7-11(14-3)9-6-8(13)4-5-10(9)12/h4-6,11,14H,7H2,1-3H3. The van der Waals surface area contributed by atoms with Gasteiger partial charge in [-0.25, -0.2) is 0 Å². The van der Waals surface area contributed by atoms with Gasteiger partial charge in [-0.2, -0.15) is 0 Å². The summed E-state index contributed by atoms with van der Waals surface area (Å²) in [6.45, 7) is 4.58. The van der Waals surface area contributed by atoms with Gasteiger partial charge in [-0.1, -0.05) is 31.5 Å². The van der Waals surface area contributed by atoms with Crippen molar-refractivity contribution in [2.45, 2.75) is 31.7 Å². The minimum Gasteiger partial charge on any atom is -0.313 e. The van der Waals surface area contributed by atoms with Crippen molar-refractivity contribution in [3.05, 3.63) is 34.3 Å². The third-order valence-corrected chi connectivity index (χ3v) is 3.42. The van der Waals surface area contributed by atoms with Crippen molar-refractivity contribution in [1.82, 2.24) is 5.32 Å². The molecule has 1 aromatic rings. The molecule has 0 heterocycles. The third kappa shape index (κ3) is 1.45. The lowest BCUT2D eigenvalue weighted by molar-refractivity contribution is 0.447. The van der Waals surface area contributed by atoms with E-state index in [9.17, 15) is 0 Å². The largest absolute Gasteiger partial charge is 0.313 e. The van der Waals surface area contributed by atoms with E-state index in [1.165, 1.54) is 11.1 Å². The third-order valence-electron chi connectivity index (χ3n) is 3.18. The van der Waals surface area contributed by atoms with Crippen molar-refractivity contribution in [3.63, 3.8) is 0 Å². The molecule has 0 saturated heterocycles. The van der Waals surface area contributed by atoms with Crippen LogP contribution in [0.4, 0.5) is 0 Å². The van der Waals surface area contributed by atoms with E-state index >= 15 is 0 Å². The summed E-state index contributed by atoms with van der Waals surface area (Å²) in [5.74, 6) is 0. The molecule has 2 heteroatoms. The Morgan fingerprint density at radius 1 is 1.43 bits per heavy atom. The minimum atomic E-state index is 0.271. The molecule has 0 aliphatic heterocycles. The first-order valence-corrected chi connectivity index (χ1v) is 5.39. The molecular weight excluding hydrogens is 194 g/mol. The summed E-state index contributed by atoms with van der Waals surface area (Å²) >= 11 is 6.01. The Kier molecular flexibility index (Phi) is 2.32. The maximum Gasteiger partial charge on any atom is 0.0409 e. The summed E-state index contributed by atoms with van der Waals surface area (Å²) in [6, 6.07) is 6.70. The second-order valence-electron chi connectivity index (χ2n) is 4.66. The molecule has 0 bridgehead atoms. The molecule has 14 heavy (non-hydrogen) atoms. The fourth-order valence-corrected chi connectivity index (χ4v) is 2.61. The van der Waals surface area contributed by atoms with Gasteiger partial charge in [0.25, 0.3) is 0 Å². The molecule has 0 saturated carbocycles. The molecule has 1 aliphatic carbocycles. The summed E-state index contributed by atoms with van der Waals surface area (Å²) in [5.41, 5.74) is 3.07. The van der Waals surface area contributed by atoms with Crippen molar-refractivity contribution < 1.29 is 0 Å². The Balaban J connectivity index is 2.54. The molecule has 0 aromatic heterocycles. The molecule has 76 valence electrons. The zero-order chi connectivity index (χ0) is 10.3. The van der Waals surface area contributed by atoms with Gasteiger partial charge in [-0.3, -0.25) is 0 Å². The van der Waals surface area contributed by atoms with E-state index in [-0.39, 0.29) is 5.41 Å². The first-order chi connectivity index (χ1) is 6.54. The number of hydrogen-bond donors (Lipinski definition) is 1. The van der Waals surface area contributed by atoms with Gasteiger partial charge in [-0.15, -0.1) is 0 Å². The highest BCUT2D eigenvalue weighted by molar-refractivity contribution is 6.30. The molecule has 0 radical (unpaired) electrons. The molecule has 1 N–H and O–H groups in total. The lowest BCUT2D eigenvalue weighted by atomic mass is 9.86. The van der Waals surface area contributed by atoms with Crippen LogP contribution in [0.1, 0.15) is 37.4 Å². The maximum absolute atomic E-state index is 6.01. The highest BCUT2D eigenvalue weighted by atomic mass is 35.5. The van der Waals surface area contributed by atoms with Crippen LogP contribution in [-0.2, 0) is 5.41 Å². The SMILES string of the molecule is CNC1CC(C)(C)c2ccc(Cl)cc21. The van der Waals surface area contributed by atoms with Crippen LogP contribution in [0.3, 0.4) is 0 Å². The summed E-state index contributed by atoms with van der Waals surface area (Å²) in [6.07, 6.45) is 1.15. The Hall–Kier alpha value is -0.530. The summed E-state index contributed by atoms with van der Waals surface area (Å²) < 4.78 is 0. The lowest BCUT2D eigenvalue weighted by Crippen LogP contribution is -2.17. The van der Waals surface area contributed by atoms with E-state index in [2.05, 4.69) is 31.3 Å². The Labute approximate surface area is 90.5 Å². The fraction of sp³-hybridized carbons (Fsp3) is 0.500. The lowest BCUT2D eigenvalue weighted by Gasteiger charge is -2.18. The molecule has 0 amide bonds.